The summed E-state index contributed by atoms with van der Waals surface area (Å²) in [7, 11) is 0. The van der Waals surface area contributed by atoms with Gasteiger partial charge < -0.3 is 9.84 Å². The summed E-state index contributed by atoms with van der Waals surface area (Å²) in [5.74, 6) is -0.618. The molecule has 5 rings (SSSR count). The van der Waals surface area contributed by atoms with Gasteiger partial charge in [-0.1, -0.05) is 35.5 Å². The van der Waals surface area contributed by atoms with Gasteiger partial charge in [0.2, 0.25) is 11.8 Å². The van der Waals surface area contributed by atoms with Crippen LogP contribution < -0.4 is 5.32 Å². The molecule has 0 saturated heterocycles. The Balaban J connectivity index is 1.18. The largest absolute Gasteiger partial charge is 0.339 e. The molecule has 1 aromatic heterocycles. The molecular weight excluding hydrogens is 348 g/mol. The molecule has 1 N–H and O–H groups in total. The second kappa shape index (κ2) is 6.36. The van der Waals surface area contributed by atoms with E-state index in [1.54, 1.807) is 0 Å². The van der Waals surface area contributed by atoms with Crippen molar-refractivity contribution in [3.8, 4) is 0 Å². The molecular formula is C21H25F2N3O. The Morgan fingerprint density at radius 2 is 1.81 bits per heavy atom. The predicted molar refractivity (Wildman–Crippen MR) is 97.0 cm³/mol. The first-order valence-electron chi connectivity index (χ1n) is 10.0. The van der Waals surface area contributed by atoms with Gasteiger partial charge in [-0.2, -0.15) is 4.98 Å². The molecule has 1 aromatic carbocycles. The highest BCUT2D eigenvalue weighted by atomic mass is 19.3. The van der Waals surface area contributed by atoms with E-state index in [0.29, 0.717) is 30.7 Å². The molecule has 0 spiro atoms. The second-order valence-electron chi connectivity index (χ2n) is 8.61. The molecule has 4 nitrogen and oxygen atoms in total. The number of aromatic nitrogens is 2. The number of rotatable bonds is 6. The van der Waals surface area contributed by atoms with E-state index < -0.39 is 5.92 Å². The van der Waals surface area contributed by atoms with Crippen LogP contribution >= 0.6 is 0 Å². The minimum Gasteiger partial charge on any atom is -0.339 e. The zero-order valence-corrected chi connectivity index (χ0v) is 15.3. The number of alkyl halides is 2. The van der Waals surface area contributed by atoms with Crippen LogP contribution in [0.5, 0.6) is 0 Å². The average Bonchev–Trinajstić information content (AvgIpc) is 3.58. The molecule has 3 saturated carbocycles. The zero-order chi connectivity index (χ0) is 18.5. The van der Waals surface area contributed by atoms with E-state index in [-0.39, 0.29) is 24.2 Å². The fourth-order valence-electron chi connectivity index (χ4n) is 4.35. The van der Waals surface area contributed by atoms with Gasteiger partial charge in [0, 0.05) is 42.7 Å². The maximum atomic E-state index is 13.4. The summed E-state index contributed by atoms with van der Waals surface area (Å²) >= 11 is 0. The SMILES string of the molecule is FC1(F)CCC(c2nc(C3(CNC4C[C@H]4c4ccccc4)CC3)no2)CC1. The van der Waals surface area contributed by atoms with Crippen LogP contribution in [0.25, 0.3) is 0 Å². The summed E-state index contributed by atoms with van der Waals surface area (Å²) in [5, 5.41) is 7.91. The van der Waals surface area contributed by atoms with Crippen LogP contribution in [0.2, 0.25) is 0 Å². The lowest BCUT2D eigenvalue weighted by atomic mass is 9.87. The fraction of sp³-hybridized carbons (Fsp3) is 0.619. The molecule has 6 heteroatoms. The highest BCUT2D eigenvalue weighted by Crippen LogP contribution is 2.49. The van der Waals surface area contributed by atoms with Crippen molar-refractivity contribution in [2.24, 2.45) is 0 Å². The number of hydrogen-bond donors (Lipinski definition) is 1. The van der Waals surface area contributed by atoms with Crippen molar-refractivity contribution in [1.82, 2.24) is 15.5 Å². The number of hydrogen-bond acceptors (Lipinski definition) is 4. The Hall–Kier alpha value is -1.82. The lowest BCUT2D eigenvalue weighted by Crippen LogP contribution is -2.30. The maximum Gasteiger partial charge on any atom is 0.248 e. The van der Waals surface area contributed by atoms with Gasteiger partial charge in [0.15, 0.2) is 5.82 Å². The van der Waals surface area contributed by atoms with Crippen LogP contribution in [0.1, 0.15) is 74.1 Å². The van der Waals surface area contributed by atoms with E-state index in [1.165, 1.54) is 12.0 Å². The minimum atomic E-state index is -2.53. The summed E-state index contributed by atoms with van der Waals surface area (Å²) in [6.07, 6.45) is 4.00. The molecule has 2 atom stereocenters. The first-order chi connectivity index (χ1) is 13.0. The monoisotopic (exact) mass is 373 g/mol. The van der Waals surface area contributed by atoms with E-state index in [0.717, 1.165) is 25.2 Å². The quantitative estimate of drug-likeness (QED) is 0.808. The van der Waals surface area contributed by atoms with Gasteiger partial charge in [0.05, 0.1) is 0 Å². The van der Waals surface area contributed by atoms with Crippen molar-refractivity contribution in [2.45, 2.75) is 74.2 Å². The molecule has 3 aliphatic carbocycles. The van der Waals surface area contributed by atoms with Crippen LogP contribution in [0, 0.1) is 0 Å². The lowest BCUT2D eigenvalue weighted by molar-refractivity contribution is -0.0402. The molecule has 27 heavy (non-hydrogen) atoms. The Morgan fingerprint density at radius 1 is 1.07 bits per heavy atom. The van der Waals surface area contributed by atoms with E-state index in [1.807, 2.05) is 0 Å². The minimum absolute atomic E-state index is 0.0134. The molecule has 0 bridgehead atoms. The van der Waals surface area contributed by atoms with Crippen molar-refractivity contribution in [3.05, 3.63) is 47.6 Å². The van der Waals surface area contributed by atoms with Crippen LogP contribution in [0.3, 0.4) is 0 Å². The van der Waals surface area contributed by atoms with Gasteiger partial charge in [-0.05, 0) is 37.7 Å². The van der Waals surface area contributed by atoms with Gasteiger partial charge in [0.25, 0.3) is 0 Å². The number of halogens is 2. The molecule has 3 aliphatic rings. The van der Waals surface area contributed by atoms with Gasteiger partial charge in [-0.25, -0.2) is 8.78 Å². The molecule has 0 aliphatic heterocycles. The van der Waals surface area contributed by atoms with E-state index in [2.05, 4.69) is 45.8 Å². The summed E-state index contributed by atoms with van der Waals surface area (Å²) in [5.41, 5.74) is 1.38. The fourth-order valence-corrected chi connectivity index (χ4v) is 4.35. The van der Waals surface area contributed by atoms with Crippen molar-refractivity contribution in [3.63, 3.8) is 0 Å². The predicted octanol–water partition coefficient (Wildman–Crippen LogP) is 4.54. The van der Waals surface area contributed by atoms with Gasteiger partial charge >= 0.3 is 0 Å². The van der Waals surface area contributed by atoms with Crippen molar-refractivity contribution < 1.29 is 13.3 Å². The Bertz CT molecular complexity index is 793. The average molecular weight is 373 g/mol. The standard InChI is InChI=1S/C21H25F2N3O/c22-21(23)8-6-15(7-9-21)18-25-19(26-27-18)20(10-11-20)13-24-17-12-16(17)14-4-2-1-3-5-14/h1-5,15-17,24H,6-13H2/t16-,17?/m0/s1. The van der Waals surface area contributed by atoms with Crippen LogP contribution in [0.15, 0.2) is 34.9 Å². The van der Waals surface area contributed by atoms with Crippen molar-refractivity contribution in [2.75, 3.05) is 6.54 Å². The maximum absolute atomic E-state index is 13.4. The van der Waals surface area contributed by atoms with E-state index in [4.69, 9.17) is 4.52 Å². The normalized spacial score (nSPS) is 28.8. The first-order valence-corrected chi connectivity index (χ1v) is 10.0. The molecule has 144 valence electrons. The van der Waals surface area contributed by atoms with Crippen molar-refractivity contribution >= 4 is 0 Å². The van der Waals surface area contributed by atoms with E-state index in [9.17, 15) is 8.78 Å². The lowest BCUT2D eigenvalue weighted by Gasteiger charge is -2.25. The van der Waals surface area contributed by atoms with Crippen molar-refractivity contribution in [1.29, 1.82) is 0 Å². The summed E-state index contributed by atoms with van der Waals surface area (Å²) in [6.45, 7) is 0.864. The molecule has 3 fully saturated rings. The third-order valence-electron chi connectivity index (χ3n) is 6.56. The molecule has 1 unspecified atom stereocenters. The molecule has 1 heterocycles. The molecule has 2 aromatic rings. The Morgan fingerprint density at radius 3 is 2.52 bits per heavy atom. The van der Waals surface area contributed by atoms with Gasteiger partial charge in [-0.15, -0.1) is 0 Å². The zero-order valence-electron chi connectivity index (χ0n) is 15.3. The number of nitrogens with zero attached hydrogens (tertiary/aromatic N) is 2. The topological polar surface area (TPSA) is 51.0 Å². The third kappa shape index (κ3) is 3.51. The Labute approximate surface area is 157 Å². The number of nitrogens with one attached hydrogen (secondary N) is 1. The van der Waals surface area contributed by atoms with Crippen LogP contribution in [-0.4, -0.2) is 28.6 Å². The van der Waals surface area contributed by atoms with Crippen LogP contribution in [-0.2, 0) is 5.41 Å². The third-order valence-corrected chi connectivity index (χ3v) is 6.56. The highest BCUT2D eigenvalue weighted by Gasteiger charge is 2.50. The van der Waals surface area contributed by atoms with E-state index >= 15 is 0 Å². The summed E-state index contributed by atoms with van der Waals surface area (Å²) in [4.78, 5) is 4.63. The van der Waals surface area contributed by atoms with Gasteiger partial charge in [0.1, 0.15) is 0 Å². The molecule has 0 amide bonds. The van der Waals surface area contributed by atoms with Crippen LogP contribution in [0.4, 0.5) is 8.78 Å². The summed E-state index contributed by atoms with van der Waals surface area (Å²) < 4.78 is 32.2. The summed E-state index contributed by atoms with van der Waals surface area (Å²) in [6, 6.07) is 11.1. The van der Waals surface area contributed by atoms with Gasteiger partial charge in [-0.3, -0.25) is 0 Å². The smallest absolute Gasteiger partial charge is 0.248 e. The highest BCUT2D eigenvalue weighted by molar-refractivity contribution is 5.28. The number of benzene rings is 1. The molecule has 0 radical (unpaired) electrons. The first kappa shape index (κ1) is 17.3. The second-order valence-corrected chi connectivity index (χ2v) is 8.61. The Kier molecular flexibility index (Phi) is 4.08.